The molecule has 0 saturated carbocycles. The van der Waals surface area contributed by atoms with E-state index in [-0.39, 0.29) is 5.84 Å². The van der Waals surface area contributed by atoms with Crippen LogP contribution in [0.5, 0.6) is 5.75 Å². The summed E-state index contributed by atoms with van der Waals surface area (Å²) < 4.78 is 16.7. The van der Waals surface area contributed by atoms with E-state index in [1.165, 1.54) is 14.2 Å². The summed E-state index contributed by atoms with van der Waals surface area (Å²) in [6, 6.07) is 11.6. The molecule has 3 atom stereocenters. The third-order valence-electron chi connectivity index (χ3n) is 6.76. The molecule has 3 N–H and O–H groups in total. The lowest BCUT2D eigenvalue weighted by Gasteiger charge is -2.53. The third-order valence-corrected chi connectivity index (χ3v) is 6.76. The maximum Gasteiger partial charge on any atom is 0.296 e. The first-order valence-corrected chi connectivity index (χ1v) is 9.91. The topological polar surface area (TPSA) is 126 Å². The number of benzene rings is 1. The summed E-state index contributed by atoms with van der Waals surface area (Å²) in [4.78, 5) is 4.49. The van der Waals surface area contributed by atoms with Crippen LogP contribution in [0.1, 0.15) is 37.3 Å². The number of fused-ring (bicyclic) bond motifs is 2. The maximum atomic E-state index is 10.7. The van der Waals surface area contributed by atoms with Crippen LogP contribution in [0.15, 0.2) is 40.5 Å². The van der Waals surface area contributed by atoms with Crippen LogP contribution in [-0.4, -0.2) is 33.1 Å². The molecule has 2 aliphatic heterocycles. The van der Waals surface area contributed by atoms with Gasteiger partial charge in [0.2, 0.25) is 0 Å². The highest BCUT2D eigenvalue weighted by Gasteiger charge is 2.79. The van der Waals surface area contributed by atoms with Crippen molar-refractivity contribution in [2.45, 2.75) is 37.6 Å². The van der Waals surface area contributed by atoms with Crippen LogP contribution < -0.4 is 15.8 Å². The molecule has 0 fully saturated rings. The zero-order valence-corrected chi connectivity index (χ0v) is 17.4. The summed E-state index contributed by atoms with van der Waals surface area (Å²) in [5, 5.41) is 24.8. The number of methoxy groups -OCH3 is 3. The Morgan fingerprint density at radius 2 is 1.73 bits per heavy atom. The zero-order valence-electron chi connectivity index (χ0n) is 17.4. The van der Waals surface area contributed by atoms with Gasteiger partial charge in [0.25, 0.3) is 5.91 Å². The van der Waals surface area contributed by atoms with Crippen molar-refractivity contribution in [1.82, 2.24) is 5.32 Å². The van der Waals surface area contributed by atoms with Crippen LogP contribution in [0.2, 0.25) is 0 Å². The Labute approximate surface area is 175 Å². The molecule has 2 heterocycles. The van der Waals surface area contributed by atoms with E-state index < -0.39 is 22.8 Å². The Balaban J connectivity index is 2.05. The van der Waals surface area contributed by atoms with Gasteiger partial charge in [0.1, 0.15) is 11.6 Å². The quantitative estimate of drug-likeness (QED) is 0.734. The molecule has 0 saturated heterocycles. The molecule has 1 aromatic carbocycles. The number of rotatable bonds is 4. The lowest BCUT2D eigenvalue weighted by Crippen LogP contribution is -2.64. The van der Waals surface area contributed by atoms with E-state index in [9.17, 15) is 10.5 Å². The molecule has 1 aromatic rings. The van der Waals surface area contributed by atoms with Crippen molar-refractivity contribution in [2.75, 3.05) is 21.3 Å². The predicted molar refractivity (Wildman–Crippen MR) is 109 cm³/mol. The summed E-state index contributed by atoms with van der Waals surface area (Å²) in [7, 11) is 4.46. The molecule has 0 aromatic heterocycles. The molecule has 0 radical (unpaired) electrons. The van der Waals surface area contributed by atoms with E-state index in [0.29, 0.717) is 12.2 Å². The number of nitrogens with two attached hydrogens (primary N) is 1. The third kappa shape index (κ3) is 2.18. The van der Waals surface area contributed by atoms with Gasteiger partial charge in [-0.1, -0.05) is 12.1 Å². The number of allylic oxidation sites excluding steroid dienone is 1. The van der Waals surface area contributed by atoms with Gasteiger partial charge in [0, 0.05) is 19.9 Å². The average Bonchev–Trinajstić information content (AvgIpc) is 3.04. The summed E-state index contributed by atoms with van der Waals surface area (Å²) in [6.45, 7) is 0. The maximum absolute atomic E-state index is 10.7. The average molecular weight is 407 g/mol. The van der Waals surface area contributed by atoms with Gasteiger partial charge in [-0.3, -0.25) is 0 Å². The normalized spacial score (nSPS) is 31.5. The van der Waals surface area contributed by atoms with Crippen molar-refractivity contribution >= 4 is 5.84 Å². The Bertz CT molecular complexity index is 999. The van der Waals surface area contributed by atoms with E-state index >= 15 is 0 Å². The minimum absolute atomic E-state index is 0.0284. The number of nitrogens with one attached hydrogen (secondary N) is 1. The van der Waals surface area contributed by atoms with E-state index in [1.54, 1.807) is 7.11 Å². The molecule has 1 aliphatic carbocycles. The van der Waals surface area contributed by atoms with Crippen molar-refractivity contribution < 1.29 is 14.2 Å². The molecule has 0 amide bonds. The van der Waals surface area contributed by atoms with Crippen molar-refractivity contribution in [2.24, 2.45) is 21.6 Å². The van der Waals surface area contributed by atoms with Crippen molar-refractivity contribution in [1.29, 1.82) is 10.5 Å². The summed E-state index contributed by atoms with van der Waals surface area (Å²) in [5.41, 5.74) is 5.97. The Morgan fingerprint density at radius 1 is 1.07 bits per heavy atom. The first-order chi connectivity index (χ1) is 14.5. The number of nitriles is 2. The smallest absolute Gasteiger partial charge is 0.296 e. The van der Waals surface area contributed by atoms with Gasteiger partial charge in [-0.25, -0.2) is 4.99 Å². The first kappa shape index (κ1) is 20.2. The molecular formula is C22H25N5O3. The van der Waals surface area contributed by atoms with Gasteiger partial charge in [-0.05, 0) is 49.0 Å². The van der Waals surface area contributed by atoms with Crippen LogP contribution in [-0.2, 0) is 9.47 Å². The molecule has 30 heavy (non-hydrogen) atoms. The lowest BCUT2D eigenvalue weighted by molar-refractivity contribution is -0.254. The molecule has 3 unspecified atom stereocenters. The van der Waals surface area contributed by atoms with Gasteiger partial charge in [0.05, 0.1) is 25.3 Å². The van der Waals surface area contributed by atoms with Crippen LogP contribution in [0.4, 0.5) is 0 Å². The molecule has 4 rings (SSSR count). The number of aliphatic imine (C=N–C) groups is 1. The van der Waals surface area contributed by atoms with Gasteiger partial charge in [0.15, 0.2) is 10.8 Å². The number of hydrogen-bond acceptors (Lipinski definition) is 8. The van der Waals surface area contributed by atoms with Crippen molar-refractivity contribution in [3.8, 4) is 17.9 Å². The monoisotopic (exact) mass is 407 g/mol. The van der Waals surface area contributed by atoms with E-state index in [1.807, 2.05) is 24.3 Å². The molecule has 0 spiro atoms. The largest absolute Gasteiger partial charge is 0.497 e. The Kier molecular flexibility index (Phi) is 4.73. The van der Waals surface area contributed by atoms with Gasteiger partial charge in [-0.2, -0.15) is 10.5 Å². The second-order valence-electron chi connectivity index (χ2n) is 7.78. The second-order valence-corrected chi connectivity index (χ2v) is 7.78. The van der Waals surface area contributed by atoms with Gasteiger partial charge >= 0.3 is 0 Å². The van der Waals surface area contributed by atoms with Crippen molar-refractivity contribution in [3.63, 3.8) is 0 Å². The minimum Gasteiger partial charge on any atom is -0.497 e. The van der Waals surface area contributed by atoms with Crippen molar-refractivity contribution in [3.05, 3.63) is 41.1 Å². The fraction of sp³-hybridized carbons (Fsp3) is 0.500. The van der Waals surface area contributed by atoms with Crippen LogP contribution in [0, 0.1) is 33.5 Å². The summed E-state index contributed by atoms with van der Waals surface area (Å²) in [6.07, 6.45) is 3.32. The zero-order chi connectivity index (χ0) is 21.6. The summed E-state index contributed by atoms with van der Waals surface area (Å²) >= 11 is 0. The Morgan fingerprint density at radius 3 is 2.30 bits per heavy atom. The highest BCUT2D eigenvalue weighted by molar-refractivity contribution is 5.96. The number of nitrogens with zero attached hydrogens (tertiary/aromatic N) is 3. The van der Waals surface area contributed by atoms with Crippen LogP contribution in [0.25, 0.3) is 0 Å². The molecular weight excluding hydrogens is 382 g/mol. The standard InChI is InChI=1S/C22H25N5O3/c1-28-15-10-8-14(9-11-15)18-20(12-23)19(25)27-22(29-2,30-3)21(20,13-24)16-6-4-5-7-17(16)26-18/h8-11,18,26H,4-7H2,1-3H3,(H2,25,27). The number of amidine groups is 1. The molecule has 8 nitrogen and oxygen atoms in total. The number of ether oxygens (including phenoxy) is 3. The fourth-order valence-electron chi connectivity index (χ4n) is 5.37. The molecule has 8 heteroatoms. The molecule has 3 aliphatic rings. The van der Waals surface area contributed by atoms with E-state index in [0.717, 1.165) is 36.1 Å². The van der Waals surface area contributed by atoms with Crippen LogP contribution in [0.3, 0.4) is 0 Å². The predicted octanol–water partition coefficient (Wildman–Crippen LogP) is 2.50. The SMILES string of the molecule is COc1ccc(C2NC3=C(CCCC3)C3(C#N)C(OC)(OC)N=C(N)C23C#N)cc1. The Hall–Kier alpha value is -3.07. The molecule has 156 valence electrons. The van der Waals surface area contributed by atoms with E-state index in [4.69, 9.17) is 19.9 Å². The molecule has 0 bridgehead atoms. The van der Waals surface area contributed by atoms with Gasteiger partial charge < -0.3 is 25.3 Å². The first-order valence-electron chi connectivity index (χ1n) is 9.91. The van der Waals surface area contributed by atoms with E-state index in [2.05, 4.69) is 22.4 Å². The van der Waals surface area contributed by atoms with Crippen LogP contribution >= 0.6 is 0 Å². The lowest BCUT2D eigenvalue weighted by atomic mass is 9.52. The summed E-state index contributed by atoms with van der Waals surface area (Å²) in [5.74, 6) is -0.978. The highest BCUT2D eigenvalue weighted by Crippen LogP contribution is 2.67. The highest BCUT2D eigenvalue weighted by atomic mass is 16.7. The number of hydrogen-bond donors (Lipinski definition) is 2. The van der Waals surface area contributed by atoms with Gasteiger partial charge in [-0.15, -0.1) is 0 Å². The minimum atomic E-state index is -1.70. The second kappa shape index (κ2) is 7.02. The fourth-order valence-corrected chi connectivity index (χ4v) is 5.37.